The van der Waals surface area contributed by atoms with Crippen molar-refractivity contribution in [3.8, 4) is 0 Å². The van der Waals surface area contributed by atoms with Gasteiger partial charge in [-0.05, 0) is 23.3 Å². The van der Waals surface area contributed by atoms with E-state index in [0.29, 0.717) is 42.7 Å². The van der Waals surface area contributed by atoms with Crippen LogP contribution in [-0.4, -0.2) is 47.6 Å². The number of benzene rings is 3. The molecular weight excluding hydrogens is 471 g/mol. The number of rotatable bonds is 11. The Hall–Kier alpha value is -2.41. The fourth-order valence-electron chi connectivity index (χ4n) is 3.98. The van der Waals surface area contributed by atoms with Crippen molar-refractivity contribution in [2.45, 2.75) is 31.8 Å². The smallest absolute Gasteiger partial charge is 0.145 e. The lowest BCUT2D eigenvalue weighted by atomic mass is 10.0. The van der Waals surface area contributed by atoms with Crippen molar-refractivity contribution >= 4 is 28.9 Å². The van der Waals surface area contributed by atoms with Gasteiger partial charge in [0.2, 0.25) is 0 Å². The largest absolute Gasteiger partial charge is 0.390 e. The summed E-state index contributed by atoms with van der Waals surface area (Å²) in [6.45, 7) is 2.28. The highest BCUT2D eigenvalue weighted by Gasteiger charge is 2.27. The molecule has 1 aliphatic heterocycles. The van der Waals surface area contributed by atoms with E-state index in [9.17, 15) is 5.11 Å². The number of aliphatic hydroxyl groups excluding tert-OH is 1. The minimum absolute atomic E-state index is 0.147. The topological polar surface area (TPSA) is 54.3 Å². The molecule has 178 valence electrons. The summed E-state index contributed by atoms with van der Waals surface area (Å²) >= 11 is 12.7. The van der Waals surface area contributed by atoms with Crippen LogP contribution in [0.2, 0.25) is 10.0 Å². The average molecular weight is 499 g/mol. The first kappa shape index (κ1) is 24.7. The van der Waals surface area contributed by atoms with E-state index >= 15 is 0 Å². The number of nitrogens with zero attached hydrogens (tertiary/aromatic N) is 2. The Morgan fingerprint density at radius 2 is 1.68 bits per heavy atom. The Bertz CT molecular complexity index is 1090. The van der Waals surface area contributed by atoms with Crippen LogP contribution in [0.25, 0.3) is 0 Å². The molecule has 0 amide bonds. The highest BCUT2D eigenvalue weighted by atomic mass is 35.5. The lowest BCUT2D eigenvalue weighted by molar-refractivity contribution is -0.00648. The molecule has 7 heteroatoms. The Labute approximate surface area is 210 Å². The molecule has 0 spiro atoms. The van der Waals surface area contributed by atoms with Crippen molar-refractivity contribution < 1.29 is 14.7 Å². The van der Waals surface area contributed by atoms with E-state index in [1.54, 1.807) is 0 Å². The Morgan fingerprint density at radius 1 is 0.971 bits per heavy atom. The lowest BCUT2D eigenvalue weighted by Crippen LogP contribution is -2.39. The summed E-state index contributed by atoms with van der Waals surface area (Å²) in [5.41, 5.74) is 3.79. The number of halogens is 2. The summed E-state index contributed by atoms with van der Waals surface area (Å²) < 4.78 is 5.74. The molecule has 0 radical (unpaired) electrons. The van der Waals surface area contributed by atoms with Gasteiger partial charge in [0.05, 0.1) is 25.0 Å². The van der Waals surface area contributed by atoms with Gasteiger partial charge in [0.15, 0.2) is 0 Å². The van der Waals surface area contributed by atoms with Crippen LogP contribution in [0.3, 0.4) is 0 Å². The Balaban J connectivity index is 1.36. The number of aliphatic hydroxyl groups is 1. The molecule has 3 aromatic rings. The zero-order chi connectivity index (χ0) is 23.8. The molecule has 0 saturated heterocycles. The van der Waals surface area contributed by atoms with Gasteiger partial charge in [-0.3, -0.25) is 4.90 Å². The normalized spacial score (nSPS) is 16.4. The van der Waals surface area contributed by atoms with E-state index < -0.39 is 6.10 Å². The zero-order valence-corrected chi connectivity index (χ0v) is 20.3. The molecule has 1 heterocycles. The summed E-state index contributed by atoms with van der Waals surface area (Å²) in [4.78, 5) is 7.87. The maximum absolute atomic E-state index is 10.7. The summed E-state index contributed by atoms with van der Waals surface area (Å²) in [6, 6.07) is 25.3. The van der Waals surface area contributed by atoms with Gasteiger partial charge in [0.25, 0.3) is 0 Å². The molecule has 0 aromatic heterocycles. The Kier molecular flexibility index (Phi) is 8.97. The zero-order valence-electron chi connectivity index (χ0n) is 18.8. The quantitative estimate of drug-likeness (QED) is 0.375. The monoisotopic (exact) mass is 498 g/mol. The van der Waals surface area contributed by atoms with E-state index in [2.05, 4.69) is 10.1 Å². The van der Waals surface area contributed by atoms with Crippen LogP contribution in [0.5, 0.6) is 0 Å². The van der Waals surface area contributed by atoms with Crippen LogP contribution in [-0.2, 0) is 22.7 Å². The first-order valence-electron chi connectivity index (χ1n) is 11.3. The van der Waals surface area contributed by atoms with Crippen molar-refractivity contribution in [3.05, 3.63) is 106 Å². The minimum Gasteiger partial charge on any atom is -0.390 e. The minimum atomic E-state index is -0.656. The second kappa shape index (κ2) is 12.3. The predicted octanol–water partition coefficient (Wildman–Crippen LogP) is 5.57. The second-order valence-electron chi connectivity index (χ2n) is 8.39. The van der Waals surface area contributed by atoms with E-state index in [1.165, 1.54) is 0 Å². The fraction of sp³-hybridized carbons (Fsp3) is 0.296. The van der Waals surface area contributed by atoms with Gasteiger partial charge in [-0.2, -0.15) is 0 Å². The first-order valence-corrected chi connectivity index (χ1v) is 12.1. The van der Waals surface area contributed by atoms with Gasteiger partial charge >= 0.3 is 0 Å². The summed E-state index contributed by atoms with van der Waals surface area (Å²) in [6.07, 6.45) is -0.161. The third kappa shape index (κ3) is 7.05. The molecule has 3 aromatic carbocycles. The van der Waals surface area contributed by atoms with Crippen molar-refractivity contribution in [1.29, 1.82) is 0 Å². The maximum atomic E-state index is 10.7. The second-order valence-corrected chi connectivity index (χ2v) is 9.20. The Morgan fingerprint density at radius 3 is 2.44 bits per heavy atom. The van der Waals surface area contributed by atoms with E-state index in [4.69, 9.17) is 32.8 Å². The molecule has 34 heavy (non-hydrogen) atoms. The van der Waals surface area contributed by atoms with Crippen LogP contribution in [0.15, 0.2) is 84.0 Å². The average Bonchev–Trinajstić information content (AvgIpc) is 3.29. The van der Waals surface area contributed by atoms with Crippen LogP contribution in [0.1, 0.15) is 23.1 Å². The van der Waals surface area contributed by atoms with Crippen molar-refractivity contribution in [2.24, 2.45) is 5.16 Å². The number of hydrogen-bond donors (Lipinski definition) is 1. The van der Waals surface area contributed by atoms with Gasteiger partial charge < -0.3 is 14.7 Å². The van der Waals surface area contributed by atoms with Gasteiger partial charge in [-0.1, -0.05) is 95.1 Å². The fourth-order valence-corrected chi connectivity index (χ4v) is 4.42. The molecule has 1 aliphatic rings. The molecule has 2 atom stereocenters. The molecule has 0 saturated carbocycles. The van der Waals surface area contributed by atoms with Gasteiger partial charge in [0, 0.05) is 41.7 Å². The standard InChI is InChI=1S/C27H28Cl2N2O3/c28-25-12-6-4-10-21(25)15-31(16-22(32)19-33-18-20-8-2-1-3-9-20)17-23-14-27(30-34-23)24-11-5-7-13-26(24)29/h1-13,22-23,32H,14-19H2/t22-,23-/m1/s1. The number of oxime groups is 1. The third-order valence-electron chi connectivity index (χ3n) is 5.62. The van der Waals surface area contributed by atoms with Gasteiger partial charge in [-0.25, -0.2) is 0 Å². The molecule has 0 unspecified atom stereocenters. The van der Waals surface area contributed by atoms with Crippen LogP contribution >= 0.6 is 23.2 Å². The molecule has 1 N–H and O–H groups in total. The SMILES string of the molecule is O[C@@H](COCc1ccccc1)CN(Cc1ccccc1Cl)C[C@H]1CC(c2ccccc2Cl)=NO1. The summed E-state index contributed by atoms with van der Waals surface area (Å²) in [5.74, 6) is 0. The van der Waals surface area contributed by atoms with Gasteiger partial charge in [-0.15, -0.1) is 0 Å². The molecule has 5 nitrogen and oxygen atoms in total. The summed E-state index contributed by atoms with van der Waals surface area (Å²) in [7, 11) is 0. The molecule has 4 rings (SSSR count). The van der Waals surface area contributed by atoms with Crippen molar-refractivity contribution in [2.75, 3.05) is 19.7 Å². The van der Waals surface area contributed by atoms with E-state index in [0.717, 1.165) is 22.4 Å². The first-order chi connectivity index (χ1) is 16.6. The highest BCUT2D eigenvalue weighted by Crippen LogP contribution is 2.24. The molecule has 0 bridgehead atoms. The number of ether oxygens (including phenoxy) is 1. The lowest BCUT2D eigenvalue weighted by Gasteiger charge is -2.27. The molecule has 0 aliphatic carbocycles. The highest BCUT2D eigenvalue weighted by molar-refractivity contribution is 6.34. The third-order valence-corrected chi connectivity index (χ3v) is 6.32. The maximum Gasteiger partial charge on any atom is 0.145 e. The van der Waals surface area contributed by atoms with Crippen molar-refractivity contribution in [3.63, 3.8) is 0 Å². The van der Waals surface area contributed by atoms with Gasteiger partial charge in [0.1, 0.15) is 6.10 Å². The van der Waals surface area contributed by atoms with Crippen LogP contribution in [0, 0.1) is 0 Å². The van der Waals surface area contributed by atoms with Crippen molar-refractivity contribution in [1.82, 2.24) is 4.90 Å². The van der Waals surface area contributed by atoms with Crippen LogP contribution in [0.4, 0.5) is 0 Å². The predicted molar refractivity (Wildman–Crippen MR) is 136 cm³/mol. The van der Waals surface area contributed by atoms with E-state index in [-0.39, 0.29) is 12.7 Å². The molecular formula is C27H28Cl2N2O3. The summed E-state index contributed by atoms with van der Waals surface area (Å²) in [5, 5.41) is 16.3. The van der Waals surface area contributed by atoms with Crippen LogP contribution < -0.4 is 0 Å². The van der Waals surface area contributed by atoms with E-state index in [1.807, 2.05) is 78.9 Å². The molecule has 0 fully saturated rings. The number of hydrogen-bond acceptors (Lipinski definition) is 5.